The number of likely N-dealkylation sites (tertiary alicyclic amines) is 1. The fourth-order valence-corrected chi connectivity index (χ4v) is 7.22. The van der Waals surface area contributed by atoms with Crippen molar-refractivity contribution in [3.63, 3.8) is 0 Å². The molecule has 3 N–H and O–H groups in total. The van der Waals surface area contributed by atoms with E-state index in [4.69, 9.17) is 9.47 Å². The van der Waals surface area contributed by atoms with Crippen LogP contribution < -0.4 is 15.4 Å². The van der Waals surface area contributed by atoms with E-state index in [-0.39, 0.29) is 18.4 Å². The minimum atomic E-state index is -1.22. The van der Waals surface area contributed by atoms with E-state index in [2.05, 4.69) is 10.6 Å². The number of fused-ring (bicyclic) bond motifs is 1. The van der Waals surface area contributed by atoms with Crippen molar-refractivity contribution in [2.45, 2.75) is 49.5 Å². The largest absolute Gasteiger partial charge is 0.497 e. The van der Waals surface area contributed by atoms with Gasteiger partial charge in [0.1, 0.15) is 17.4 Å². The summed E-state index contributed by atoms with van der Waals surface area (Å²) in [5.41, 5.74) is -0.0580. The van der Waals surface area contributed by atoms with Crippen LogP contribution in [0.4, 0.5) is 11.4 Å². The van der Waals surface area contributed by atoms with Gasteiger partial charge >= 0.3 is 0 Å². The van der Waals surface area contributed by atoms with E-state index in [1.54, 1.807) is 43.5 Å². The Morgan fingerprint density at radius 3 is 2.21 bits per heavy atom. The number of nitrogens with one attached hydrogen (secondary N) is 2. The number of hydrogen-bond acceptors (Lipinski definition) is 6. The van der Waals surface area contributed by atoms with Gasteiger partial charge in [0, 0.05) is 11.4 Å². The Kier molecular flexibility index (Phi) is 7.24. The lowest BCUT2D eigenvalue weighted by atomic mass is 9.66. The van der Waals surface area contributed by atoms with E-state index in [0.717, 1.165) is 5.56 Å². The molecule has 0 aliphatic carbocycles. The predicted octanol–water partition coefficient (Wildman–Crippen LogP) is 3.64. The number of carbonyl (C=O) groups excluding carboxylic acids is 3. The molecule has 2 bridgehead atoms. The van der Waals surface area contributed by atoms with Gasteiger partial charge in [0.05, 0.1) is 37.2 Å². The highest BCUT2D eigenvalue weighted by Crippen LogP contribution is 2.63. The SMILES string of the molecule is COc1ccc(NC(=O)C2N([C@@H](CO)Cc3ccccc3)C(=O)[C@@H]3[C@H](C(=O)Nc4ccccc4)[C@]4(C)CCC23O4)cc1. The number of nitrogens with zero attached hydrogens (tertiary/aromatic N) is 1. The van der Waals surface area contributed by atoms with Crippen LogP contribution in [-0.2, 0) is 25.5 Å². The molecule has 3 aliphatic heterocycles. The molecule has 3 aromatic rings. The standard InChI is InChI=1S/C33H35N3O6/c1-32-17-18-33(42-32)27(26(32)29(38)34-22-11-7-4-8-12-22)31(40)36(24(20-37)19-21-9-5-3-6-10-21)28(33)30(39)35-23-13-15-25(41-2)16-14-23/h3-16,24,26-28,37H,17-20H2,1-2H3,(H,34,38)(H,35,39)/t24-,26-,27+,28?,32+,33?/m1/s1. The summed E-state index contributed by atoms with van der Waals surface area (Å²) < 4.78 is 12.0. The van der Waals surface area contributed by atoms with Crippen molar-refractivity contribution in [3.8, 4) is 5.75 Å². The molecule has 3 saturated heterocycles. The summed E-state index contributed by atoms with van der Waals surface area (Å²) in [6.45, 7) is 1.51. The summed E-state index contributed by atoms with van der Waals surface area (Å²) in [6, 6.07) is 23.8. The molecule has 9 heteroatoms. The molecule has 0 aromatic heterocycles. The van der Waals surface area contributed by atoms with Gasteiger partial charge in [-0.25, -0.2) is 0 Å². The number of aliphatic hydroxyl groups is 1. The summed E-state index contributed by atoms with van der Waals surface area (Å²) >= 11 is 0. The van der Waals surface area contributed by atoms with Crippen LogP contribution in [0.5, 0.6) is 5.75 Å². The van der Waals surface area contributed by atoms with Gasteiger partial charge in [-0.15, -0.1) is 0 Å². The molecular formula is C33H35N3O6. The third-order valence-corrected chi connectivity index (χ3v) is 9.06. The van der Waals surface area contributed by atoms with Gasteiger partial charge in [0.25, 0.3) is 0 Å². The zero-order valence-electron chi connectivity index (χ0n) is 23.7. The van der Waals surface area contributed by atoms with Gasteiger partial charge in [0.15, 0.2) is 0 Å². The summed E-state index contributed by atoms with van der Waals surface area (Å²) in [6.07, 6.45) is 1.30. The Morgan fingerprint density at radius 2 is 1.57 bits per heavy atom. The molecule has 218 valence electrons. The Morgan fingerprint density at radius 1 is 0.952 bits per heavy atom. The molecule has 6 atom stereocenters. The molecule has 1 spiro atoms. The van der Waals surface area contributed by atoms with E-state index in [0.29, 0.717) is 36.4 Å². The van der Waals surface area contributed by atoms with E-state index < -0.39 is 41.0 Å². The van der Waals surface area contributed by atoms with Crippen molar-refractivity contribution in [1.82, 2.24) is 4.90 Å². The lowest BCUT2D eigenvalue weighted by Gasteiger charge is -2.37. The fraction of sp³-hybridized carbons (Fsp3) is 0.364. The third kappa shape index (κ3) is 4.62. The minimum absolute atomic E-state index is 0.316. The highest BCUT2D eigenvalue weighted by molar-refractivity contribution is 6.05. The monoisotopic (exact) mass is 569 g/mol. The molecule has 9 nitrogen and oxygen atoms in total. The number of amides is 3. The smallest absolute Gasteiger partial charge is 0.250 e. The highest BCUT2D eigenvalue weighted by atomic mass is 16.5. The maximum Gasteiger partial charge on any atom is 0.250 e. The van der Waals surface area contributed by atoms with Crippen molar-refractivity contribution >= 4 is 29.1 Å². The van der Waals surface area contributed by atoms with Crippen LogP contribution in [-0.4, -0.2) is 64.7 Å². The molecule has 3 aliphatic rings. The molecule has 2 unspecified atom stereocenters. The number of para-hydroxylation sites is 1. The van der Waals surface area contributed by atoms with Crippen LogP contribution in [0.15, 0.2) is 84.9 Å². The second-order valence-electron chi connectivity index (χ2n) is 11.6. The van der Waals surface area contributed by atoms with Crippen LogP contribution in [0, 0.1) is 11.8 Å². The fourth-order valence-electron chi connectivity index (χ4n) is 7.22. The number of carbonyl (C=O) groups is 3. The van der Waals surface area contributed by atoms with Gasteiger partial charge in [-0.05, 0) is 68.1 Å². The molecule has 3 heterocycles. The lowest BCUT2D eigenvalue weighted by Crippen LogP contribution is -2.57. The van der Waals surface area contributed by atoms with Crippen molar-refractivity contribution in [3.05, 3.63) is 90.5 Å². The Labute approximate surface area is 244 Å². The molecule has 3 fully saturated rings. The maximum atomic E-state index is 14.5. The van der Waals surface area contributed by atoms with Gasteiger partial charge in [-0.3, -0.25) is 14.4 Å². The minimum Gasteiger partial charge on any atom is -0.497 e. The predicted molar refractivity (Wildman–Crippen MR) is 157 cm³/mol. The number of benzene rings is 3. The average molecular weight is 570 g/mol. The normalized spacial score (nSPS) is 28.3. The molecule has 42 heavy (non-hydrogen) atoms. The quantitative estimate of drug-likeness (QED) is 0.362. The summed E-state index contributed by atoms with van der Waals surface area (Å²) in [5.74, 6) is -2.13. The van der Waals surface area contributed by atoms with E-state index in [9.17, 15) is 19.5 Å². The van der Waals surface area contributed by atoms with Gasteiger partial charge in [0.2, 0.25) is 17.7 Å². The first-order chi connectivity index (χ1) is 20.3. The molecular weight excluding hydrogens is 534 g/mol. The first-order valence-corrected chi connectivity index (χ1v) is 14.3. The van der Waals surface area contributed by atoms with Crippen molar-refractivity contribution in [1.29, 1.82) is 0 Å². The molecule has 6 rings (SSSR count). The van der Waals surface area contributed by atoms with Crippen LogP contribution >= 0.6 is 0 Å². The van der Waals surface area contributed by atoms with Crippen molar-refractivity contribution < 1.29 is 29.0 Å². The number of methoxy groups -OCH3 is 1. The zero-order valence-corrected chi connectivity index (χ0v) is 23.7. The number of aliphatic hydroxyl groups excluding tert-OH is 1. The van der Waals surface area contributed by atoms with Crippen LogP contribution in [0.1, 0.15) is 25.3 Å². The highest BCUT2D eigenvalue weighted by Gasteiger charge is 2.78. The zero-order chi connectivity index (χ0) is 29.5. The van der Waals surface area contributed by atoms with Crippen molar-refractivity contribution in [2.75, 3.05) is 24.4 Å². The number of anilines is 2. The van der Waals surface area contributed by atoms with Crippen LogP contribution in [0.2, 0.25) is 0 Å². The second kappa shape index (κ2) is 10.9. The van der Waals surface area contributed by atoms with E-state index >= 15 is 0 Å². The summed E-state index contributed by atoms with van der Waals surface area (Å²) in [7, 11) is 1.57. The first-order valence-electron chi connectivity index (χ1n) is 14.3. The molecule has 3 aromatic carbocycles. The Hall–Kier alpha value is -4.21. The lowest BCUT2D eigenvalue weighted by molar-refractivity contribution is -0.146. The van der Waals surface area contributed by atoms with Crippen molar-refractivity contribution in [2.24, 2.45) is 11.8 Å². The van der Waals surface area contributed by atoms with Crippen LogP contribution in [0.3, 0.4) is 0 Å². The average Bonchev–Trinajstić information content (AvgIpc) is 3.58. The number of hydrogen-bond donors (Lipinski definition) is 3. The Bertz CT molecular complexity index is 1470. The van der Waals surface area contributed by atoms with Gasteiger partial charge in [-0.1, -0.05) is 48.5 Å². The molecule has 0 radical (unpaired) electrons. The van der Waals surface area contributed by atoms with Gasteiger partial charge in [-0.2, -0.15) is 0 Å². The van der Waals surface area contributed by atoms with E-state index in [1.807, 2.05) is 55.5 Å². The molecule has 3 amide bonds. The summed E-state index contributed by atoms with van der Waals surface area (Å²) in [4.78, 5) is 44.0. The summed E-state index contributed by atoms with van der Waals surface area (Å²) in [5, 5.41) is 16.5. The third-order valence-electron chi connectivity index (χ3n) is 9.06. The first kappa shape index (κ1) is 27.9. The van der Waals surface area contributed by atoms with E-state index in [1.165, 1.54) is 4.90 Å². The molecule has 0 saturated carbocycles. The van der Waals surface area contributed by atoms with Crippen LogP contribution in [0.25, 0.3) is 0 Å². The second-order valence-corrected chi connectivity index (χ2v) is 11.6. The van der Waals surface area contributed by atoms with Gasteiger partial charge < -0.3 is 30.1 Å². The number of ether oxygens (including phenoxy) is 2. The Balaban J connectivity index is 1.38. The number of rotatable bonds is 9. The topological polar surface area (TPSA) is 117 Å². The maximum absolute atomic E-state index is 14.5.